The third-order valence-electron chi connectivity index (χ3n) is 3.62. The minimum atomic E-state index is 0.0787. The molecule has 0 spiro atoms. The number of H-pyrrole nitrogens is 1. The van der Waals surface area contributed by atoms with Crippen molar-refractivity contribution in [3.8, 4) is 0 Å². The van der Waals surface area contributed by atoms with Crippen molar-refractivity contribution in [2.45, 2.75) is 39.0 Å². The van der Waals surface area contributed by atoms with Gasteiger partial charge in [0.15, 0.2) is 0 Å². The van der Waals surface area contributed by atoms with E-state index in [1.54, 1.807) is 0 Å². The van der Waals surface area contributed by atoms with Gasteiger partial charge in [0.25, 0.3) is 0 Å². The molecule has 0 bridgehead atoms. The molecule has 2 rings (SSSR count). The van der Waals surface area contributed by atoms with Crippen molar-refractivity contribution in [1.82, 2.24) is 20.5 Å². The number of rotatable bonds is 3. The first kappa shape index (κ1) is 12.4. The van der Waals surface area contributed by atoms with E-state index in [2.05, 4.69) is 46.2 Å². The van der Waals surface area contributed by atoms with Gasteiger partial charge in [-0.2, -0.15) is 4.98 Å². The van der Waals surface area contributed by atoms with Gasteiger partial charge in [0.05, 0.1) is 0 Å². The first-order valence-corrected chi connectivity index (χ1v) is 6.52. The summed E-state index contributed by atoms with van der Waals surface area (Å²) in [6, 6.07) is 0. The first-order chi connectivity index (χ1) is 8.13. The molecule has 0 aliphatic carbocycles. The fourth-order valence-electron chi connectivity index (χ4n) is 1.91. The van der Waals surface area contributed by atoms with E-state index in [9.17, 15) is 0 Å². The molecule has 0 saturated carbocycles. The molecule has 5 heteroatoms. The van der Waals surface area contributed by atoms with Crippen LogP contribution in [0, 0.1) is 0 Å². The highest BCUT2D eigenvalue weighted by atomic mass is 15.4. The zero-order valence-corrected chi connectivity index (χ0v) is 11.1. The van der Waals surface area contributed by atoms with Gasteiger partial charge in [-0.3, -0.25) is 5.10 Å². The van der Waals surface area contributed by atoms with Crippen molar-refractivity contribution >= 4 is 5.95 Å². The maximum atomic E-state index is 4.65. The average Bonchev–Trinajstić information content (AvgIpc) is 2.67. The second-order valence-corrected chi connectivity index (χ2v) is 5.31. The van der Waals surface area contributed by atoms with E-state index in [0.29, 0.717) is 0 Å². The second kappa shape index (κ2) is 5.04. The lowest BCUT2D eigenvalue weighted by Crippen LogP contribution is -2.29. The maximum Gasteiger partial charge on any atom is 0.244 e. The largest absolute Gasteiger partial charge is 0.338 e. The van der Waals surface area contributed by atoms with Gasteiger partial charge in [0.2, 0.25) is 5.95 Å². The highest BCUT2D eigenvalue weighted by Crippen LogP contribution is 2.24. The molecule has 5 nitrogen and oxygen atoms in total. The van der Waals surface area contributed by atoms with Gasteiger partial charge in [-0.15, -0.1) is 5.10 Å². The number of aromatic amines is 1. The molecule has 17 heavy (non-hydrogen) atoms. The number of hydrogen-bond donors (Lipinski definition) is 2. The van der Waals surface area contributed by atoms with E-state index in [1.807, 2.05) is 0 Å². The zero-order chi connectivity index (χ0) is 12.3. The van der Waals surface area contributed by atoms with Crippen LogP contribution in [-0.2, 0) is 5.41 Å². The molecule has 0 unspecified atom stereocenters. The standard InChI is InChI=1S/C12H23N5/c1-4-12(2,3)10-14-11(16-15-10)17-8-5-6-13-7-9-17/h13H,4-9H2,1-3H3,(H,14,15,16). The molecular weight excluding hydrogens is 214 g/mol. The van der Waals surface area contributed by atoms with E-state index < -0.39 is 0 Å². The fourth-order valence-corrected chi connectivity index (χ4v) is 1.91. The van der Waals surface area contributed by atoms with E-state index >= 15 is 0 Å². The van der Waals surface area contributed by atoms with Crippen molar-refractivity contribution < 1.29 is 0 Å². The summed E-state index contributed by atoms with van der Waals surface area (Å²) >= 11 is 0. The van der Waals surface area contributed by atoms with Gasteiger partial charge in [-0.25, -0.2) is 0 Å². The predicted octanol–water partition coefficient (Wildman–Crippen LogP) is 1.29. The lowest BCUT2D eigenvalue weighted by molar-refractivity contribution is 0.474. The minimum Gasteiger partial charge on any atom is -0.338 e. The van der Waals surface area contributed by atoms with Crippen LogP contribution in [-0.4, -0.2) is 41.4 Å². The Morgan fingerprint density at radius 1 is 1.29 bits per heavy atom. The number of nitrogens with zero attached hydrogens (tertiary/aromatic N) is 3. The third kappa shape index (κ3) is 2.77. The molecule has 1 aromatic rings. The van der Waals surface area contributed by atoms with Crippen molar-refractivity contribution in [2.75, 3.05) is 31.1 Å². The quantitative estimate of drug-likeness (QED) is 0.832. The Morgan fingerprint density at radius 2 is 2.12 bits per heavy atom. The van der Waals surface area contributed by atoms with Crippen LogP contribution in [0.25, 0.3) is 0 Å². The summed E-state index contributed by atoms with van der Waals surface area (Å²) in [6.45, 7) is 10.7. The monoisotopic (exact) mass is 237 g/mol. The topological polar surface area (TPSA) is 56.8 Å². The van der Waals surface area contributed by atoms with Crippen LogP contribution in [0.3, 0.4) is 0 Å². The number of hydrogen-bond acceptors (Lipinski definition) is 4. The molecule has 0 radical (unpaired) electrons. The van der Waals surface area contributed by atoms with Crippen molar-refractivity contribution in [1.29, 1.82) is 0 Å². The van der Waals surface area contributed by atoms with Gasteiger partial charge in [0.1, 0.15) is 5.82 Å². The average molecular weight is 237 g/mol. The summed E-state index contributed by atoms with van der Waals surface area (Å²) in [5, 5.41) is 10.8. The van der Waals surface area contributed by atoms with Gasteiger partial charge in [0, 0.05) is 25.0 Å². The van der Waals surface area contributed by atoms with Crippen molar-refractivity contribution in [3.05, 3.63) is 5.82 Å². The maximum absolute atomic E-state index is 4.65. The van der Waals surface area contributed by atoms with Gasteiger partial charge < -0.3 is 10.2 Å². The van der Waals surface area contributed by atoms with Crippen LogP contribution in [0.2, 0.25) is 0 Å². The molecule has 96 valence electrons. The summed E-state index contributed by atoms with van der Waals surface area (Å²) in [5.41, 5.74) is 0.0787. The molecule has 1 aliphatic heterocycles. The summed E-state index contributed by atoms with van der Waals surface area (Å²) in [4.78, 5) is 6.91. The summed E-state index contributed by atoms with van der Waals surface area (Å²) in [6.07, 6.45) is 2.21. The molecule has 0 amide bonds. The second-order valence-electron chi connectivity index (χ2n) is 5.31. The molecule has 2 N–H and O–H groups in total. The van der Waals surface area contributed by atoms with Crippen molar-refractivity contribution in [3.63, 3.8) is 0 Å². The highest BCUT2D eigenvalue weighted by molar-refractivity contribution is 5.30. The number of aromatic nitrogens is 3. The Kier molecular flexibility index (Phi) is 3.66. The van der Waals surface area contributed by atoms with Gasteiger partial charge >= 0.3 is 0 Å². The molecule has 1 fully saturated rings. The Morgan fingerprint density at radius 3 is 2.88 bits per heavy atom. The van der Waals surface area contributed by atoms with Crippen molar-refractivity contribution in [2.24, 2.45) is 0 Å². The minimum absolute atomic E-state index is 0.0787. The van der Waals surface area contributed by atoms with Crippen LogP contribution < -0.4 is 10.2 Å². The van der Waals surface area contributed by atoms with Crippen LogP contribution >= 0.6 is 0 Å². The fraction of sp³-hybridized carbons (Fsp3) is 0.833. The Bertz CT molecular complexity index is 350. The summed E-state index contributed by atoms with van der Waals surface area (Å²) in [5.74, 6) is 1.84. The normalized spacial score (nSPS) is 18.2. The molecule has 1 saturated heterocycles. The Labute approximate surface area is 103 Å². The summed E-state index contributed by atoms with van der Waals surface area (Å²) < 4.78 is 0. The van der Waals surface area contributed by atoms with Gasteiger partial charge in [-0.05, 0) is 19.4 Å². The Balaban J connectivity index is 2.11. The van der Waals surface area contributed by atoms with Crippen LogP contribution in [0.1, 0.15) is 39.4 Å². The number of anilines is 1. The lowest BCUT2D eigenvalue weighted by atomic mass is 9.90. The molecule has 2 heterocycles. The lowest BCUT2D eigenvalue weighted by Gasteiger charge is -2.19. The molecule has 1 aliphatic rings. The van der Waals surface area contributed by atoms with E-state index in [0.717, 1.165) is 50.8 Å². The Hall–Kier alpha value is -1.10. The highest BCUT2D eigenvalue weighted by Gasteiger charge is 2.24. The van der Waals surface area contributed by atoms with E-state index in [4.69, 9.17) is 0 Å². The van der Waals surface area contributed by atoms with Crippen LogP contribution in [0.15, 0.2) is 0 Å². The molecule has 1 aromatic heterocycles. The van der Waals surface area contributed by atoms with Crippen LogP contribution in [0.5, 0.6) is 0 Å². The molecule has 0 atom stereocenters. The first-order valence-electron chi connectivity index (χ1n) is 6.52. The predicted molar refractivity (Wildman–Crippen MR) is 69.4 cm³/mol. The zero-order valence-electron chi connectivity index (χ0n) is 11.1. The van der Waals surface area contributed by atoms with E-state index in [-0.39, 0.29) is 5.41 Å². The smallest absolute Gasteiger partial charge is 0.244 e. The van der Waals surface area contributed by atoms with Crippen LogP contribution in [0.4, 0.5) is 5.95 Å². The molecular formula is C12H23N5. The SMILES string of the molecule is CCC(C)(C)c1nc(N2CCCNCC2)n[nH]1. The molecule has 0 aromatic carbocycles. The number of nitrogens with one attached hydrogen (secondary N) is 2. The van der Waals surface area contributed by atoms with Gasteiger partial charge in [-0.1, -0.05) is 20.8 Å². The summed E-state index contributed by atoms with van der Waals surface area (Å²) in [7, 11) is 0. The van der Waals surface area contributed by atoms with E-state index in [1.165, 1.54) is 0 Å². The third-order valence-corrected chi connectivity index (χ3v) is 3.62.